The molecular formula is C38H40N2O14. The van der Waals surface area contributed by atoms with Crippen LogP contribution in [0.25, 0.3) is 0 Å². The number of methoxy groups -OCH3 is 2. The van der Waals surface area contributed by atoms with E-state index in [0.29, 0.717) is 61.8 Å². The van der Waals surface area contributed by atoms with E-state index in [4.69, 9.17) is 38.3 Å². The monoisotopic (exact) mass is 748 g/mol. The van der Waals surface area contributed by atoms with Crippen molar-refractivity contribution in [2.24, 2.45) is 4.99 Å². The van der Waals surface area contributed by atoms with Gasteiger partial charge in [0.1, 0.15) is 66.4 Å². The van der Waals surface area contributed by atoms with E-state index in [2.05, 4.69) is 9.89 Å². The number of benzene rings is 2. The van der Waals surface area contributed by atoms with Gasteiger partial charge in [-0.2, -0.15) is 0 Å². The molecule has 2 fully saturated rings. The summed E-state index contributed by atoms with van der Waals surface area (Å²) in [4.78, 5) is 42.0. The maximum absolute atomic E-state index is 12.6. The Morgan fingerprint density at radius 1 is 1.06 bits per heavy atom. The van der Waals surface area contributed by atoms with Gasteiger partial charge in [-0.3, -0.25) is 19.4 Å². The van der Waals surface area contributed by atoms with Crippen molar-refractivity contribution in [3.63, 3.8) is 0 Å². The predicted octanol–water partition coefficient (Wildman–Crippen LogP) is 2.07. The van der Waals surface area contributed by atoms with Crippen LogP contribution >= 0.6 is 0 Å². The predicted molar refractivity (Wildman–Crippen MR) is 185 cm³/mol. The number of aliphatic carboxylic acids is 1. The van der Waals surface area contributed by atoms with Crippen molar-refractivity contribution in [1.29, 1.82) is 0 Å². The van der Waals surface area contributed by atoms with E-state index in [9.17, 15) is 29.7 Å². The summed E-state index contributed by atoms with van der Waals surface area (Å²) in [6, 6.07) is 7.21. The van der Waals surface area contributed by atoms with Gasteiger partial charge < -0.3 is 58.5 Å². The lowest BCUT2D eigenvalue weighted by atomic mass is 9.67. The molecule has 5 heterocycles. The highest BCUT2D eigenvalue weighted by Crippen LogP contribution is 2.64. The largest absolute Gasteiger partial charge is 0.493 e. The van der Waals surface area contributed by atoms with Gasteiger partial charge in [-0.1, -0.05) is 6.07 Å². The molecule has 1 aliphatic carbocycles. The highest BCUT2D eigenvalue weighted by Gasteiger charge is 2.58. The number of hydrogen-bond acceptors (Lipinski definition) is 15. The van der Waals surface area contributed by atoms with Crippen LogP contribution in [0.5, 0.6) is 28.7 Å². The fourth-order valence-electron chi connectivity index (χ4n) is 8.35. The standard InChI is InChI=1S/C38H40N2O14/c1-48-24-4-3-22-30-36(53-34(22)35(24)49-2)29-19(15-40-14-18-7-10-39-23(18)16-40)11-21(12-25(29)54-38(30)8-5-20(41)6-9-38)51-37-33(47)32(46)31(45)26(52-37)17-50-28(44)13-27(42)43/h3-4,7,10-12,16,26,30-33,36-37,45-47H,5-6,8-9,13-15,17H2,1-2H3,(H,42,43). The third kappa shape index (κ3) is 6.22. The van der Waals surface area contributed by atoms with Crippen LogP contribution in [0.15, 0.2) is 52.8 Å². The van der Waals surface area contributed by atoms with Gasteiger partial charge in [-0.15, -0.1) is 0 Å². The van der Waals surface area contributed by atoms with Crippen molar-refractivity contribution >= 4 is 23.9 Å². The van der Waals surface area contributed by atoms with Crippen molar-refractivity contribution in [3.8, 4) is 28.7 Å². The zero-order valence-corrected chi connectivity index (χ0v) is 29.5. The molecule has 286 valence electrons. The van der Waals surface area contributed by atoms with Crippen LogP contribution in [-0.4, -0.2) is 113 Å². The van der Waals surface area contributed by atoms with Gasteiger partial charge in [0, 0.05) is 61.1 Å². The summed E-state index contributed by atoms with van der Waals surface area (Å²) >= 11 is 0. The lowest BCUT2D eigenvalue weighted by molar-refractivity contribution is -0.278. The Morgan fingerprint density at radius 3 is 2.57 bits per heavy atom. The molecule has 1 spiro atoms. The number of aliphatic hydroxyl groups excluding tert-OH is 3. The maximum atomic E-state index is 12.6. The second-order valence-corrected chi connectivity index (χ2v) is 14.2. The molecule has 4 N–H and O–H groups in total. The van der Waals surface area contributed by atoms with Crippen molar-refractivity contribution in [2.75, 3.05) is 27.4 Å². The highest BCUT2D eigenvalue weighted by molar-refractivity contribution is 5.90. The second-order valence-electron chi connectivity index (χ2n) is 14.2. The first-order chi connectivity index (χ1) is 26.0. The number of ether oxygens (including phenoxy) is 7. The molecule has 5 aliphatic heterocycles. The first-order valence-electron chi connectivity index (χ1n) is 17.7. The molecule has 0 amide bonds. The number of aliphatic imine (C=N–C) groups is 1. The van der Waals surface area contributed by atoms with Crippen molar-refractivity contribution < 1.29 is 68.0 Å². The fourth-order valence-corrected chi connectivity index (χ4v) is 8.35. The summed E-state index contributed by atoms with van der Waals surface area (Å²) in [5.74, 6) is -0.523. The van der Waals surface area contributed by atoms with Crippen LogP contribution in [0.1, 0.15) is 60.8 Å². The summed E-state index contributed by atoms with van der Waals surface area (Å²) < 4.78 is 42.3. The van der Waals surface area contributed by atoms with Gasteiger partial charge in [0.05, 0.1) is 25.8 Å². The lowest BCUT2D eigenvalue weighted by Gasteiger charge is -2.48. The average molecular weight is 749 g/mol. The molecule has 16 nitrogen and oxygen atoms in total. The Labute approximate surface area is 309 Å². The summed E-state index contributed by atoms with van der Waals surface area (Å²) in [6.45, 7) is 0.360. The van der Waals surface area contributed by atoms with E-state index in [1.807, 2.05) is 24.4 Å². The van der Waals surface area contributed by atoms with Crippen molar-refractivity contribution in [2.45, 2.75) is 87.0 Å². The minimum Gasteiger partial charge on any atom is -0.493 e. The van der Waals surface area contributed by atoms with E-state index in [0.717, 1.165) is 28.0 Å². The molecule has 7 atom stereocenters. The van der Waals surface area contributed by atoms with Gasteiger partial charge in [-0.05, 0) is 36.6 Å². The number of carbonyl (C=O) groups is 3. The Morgan fingerprint density at radius 2 is 1.85 bits per heavy atom. The summed E-state index contributed by atoms with van der Waals surface area (Å²) in [5, 5.41) is 41.2. The zero-order valence-electron chi connectivity index (χ0n) is 29.5. The number of carboxylic acids is 1. The van der Waals surface area contributed by atoms with Gasteiger partial charge >= 0.3 is 11.9 Å². The fraction of sp³-hybridized carbons (Fsp3) is 0.474. The van der Waals surface area contributed by atoms with Crippen LogP contribution in [-0.2, 0) is 30.4 Å². The number of carboxylic acid groups (broad SMARTS) is 1. The van der Waals surface area contributed by atoms with E-state index in [-0.39, 0.29) is 17.5 Å². The number of aliphatic hydroxyl groups is 3. The SMILES string of the molecule is COc1ccc2c(c1OC)OC1c3c(CN4C=C5N=CC=C5C4)cc(OC4OC(COC(=O)CC(=O)O)C(O)C(O)C4O)cc3OC3(CCC(=O)CC3)C21. The maximum Gasteiger partial charge on any atom is 0.317 e. The molecule has 6 aliphatic rings. The molecule has 2 aromatic rings. The number of nitrogens with zero attached hydrogens (tertiary/aromatic N) is 2. The summed E-state index contributed by atoms with van der Waals surface area (Å²) in [7, 11) is 3.11. The van der Waals surface area contributed by atoms with Crippen molar-refractivity contribution in [3.05, 3.63) is 64.5 Å². The van der Waals surface area contributed by atoms with Gasteiger partial charge in [0.25, 0.3) is 0 Å². The highest BCUT2D eigenvalue weighted by atomic mass is 16.7. The van der Waals surface area contributed by atoms with Crippen LogP contribution in [0.4, 0.5) is 0 Å². The number of carbonyl (C=O) groups excluding carboxylic acids is 2. The number of Topliss-reactive ketones (excluding diaryl/α,β-unsaturated/α-hetero) is 1. The van der Waals surface area contributed by atoms with Crippen molar-refractivity contribution in [1.82, 2.24) is 4.90 Å². The Balaban J connectivity index is 1.18. The second kappa shape index (κ2) is 13.9. The van der Waals surface area contributed by atoms with E-state index < -0.39 is 67.4 Å². The minimum absolute atomic E-state index is 0.146. The van der Waals surface area contributed by atoms with E-state index in [1.54, 1.807) is 32.6 Å². The Bertz CT molecular complexity index is 1960. The van der Waals surface area contributed by atoms with E-state index >= 15 is 0 Å². The topological polar surface area (TPSA) is 212 Å². The zero-order chi connectivity index (χ0) is 37.9. The average Bonchev–Trinajstić information content (AvgIpc) is 3.86. The quantitative estimate of drug-likeness (QED) is 0.202. The van der Waals surface area contributed by atoms with Crippen LogP contribution in [0.3, 0.4) is 0 Å². The summed E-state index contributed by atoms with van der Waals surface area (Å²) in [5.41, 5.74) is 3.47. The molecule has 7 unspecified atom stereocenters. The molecule has 2 aromatic carbocycles. The minimum atomic E-state index is -1.76. The third-order valence-electron chi connectivity index (χ3n) is 10.9. The Kier molecular flexibility index (Phi) is 9.24. The molecular weight excluding hydrogens is 708 g/mol. The molecule has 1 saturated heterocycles. The first-order valence-corrected chi connectivity index (χ1v) is 17.7. The Hall–Kier alpha value is -5.16. The normalized spacial score (nSPS) is 28.5. The number of fused-ring (bicyclic) bond motifs is 7. The molecule has 8 rings (SSSR count). The van der Waals surface area contributed by atoms with Crippen LogP contribution in [0, 0.1) is 0 Å². The first kappa shape index (κ1) is 35.8. The van der Waals surface area contributed by atoms with Crippen LogP contribution < -0.4 is 23.7 Å². The van der Waals surface area contributed by atoms with Gasteiger partial charge in [0.2, 0.25) is 12.0 Å². The van der Waals surface area contributed by atoms with Crippen LogP contribution in [0.2, 0.25) is 0 Å². The molecule has 0 bridgehead atoms. The smallest absolute Gasteiger partial charge is 0.317 e. The number of allylic oxidation sites excluding steroid dienone is 1. The number of hydrogen-bond donors (Lipinski definition) is 4. The number of rotatable bonds is 10. The van der Waals surface area contributed by atoms with Gasteiger partial charge in [0.15, 0.2) is 11.5 Å². The molecule has 1 saturated carbocycles. The molecule has 0 radical (unpaired) electrons. The molecule has 16 heteroatoms. The third-order valence-corrected chi connectivity index (χ3v) is 10.9. The molecule has 0 aromatic heterocycles. The van der Waals surface area contributed by atoms with E-state index in [1.165, 1.54) is 0 Å². The molecule has 54 heavy (non-hydrogen) atoms. The lowest BCUT2D eigenvalue weighted by Crippen LogP contribution is -2.60. The van der Waals surface area contributed by atoms with Gasteiger partial charge in [-0.25, -0.2) is 0 Å². The number of esters is 1. The summed E-state index contributed by atoms with van der Waals surface area (Å²) in [6.07, 6.45) is -2.35. The number of ketones is 1.